The van der Waals surface area contributed by atoms with E-state index >= 15 is 0 Å². The molecule has 6 heteroatoms. The van der Waals surface area contributed by atoms with Gasteiger partial charge in [-0.3, -0.25) is 4.79 Å². The van der Waals surface area contributed by atoms with Crippen LogP contribution in [0.15, 0.2) is 23.3 Å². The molecular weight excluding hydrogens is 480 g/mol. The molecule has 216 valence electrons. The number of esters is 1. The highest BCUT2D eigenvalue weighted by molar-refractivity contribution is 5.70. The summed E-state index contributed by atoms with van der Waals surface area (Å²) in [6, 6.07) is 0. The molecule has 0 aromatic rings. The molecular formula is C32H52O6. The van der Waals surface area contributed by atoms with Gasteiger partial charge in [0.1, 0.15) is 23.4 Å². The number of unbranched alkanes of at least 4 members (excludes halogenated alkanes) is 8. The lowest BCUT2D eigenvalue weighted by atomic mass is 9.58. The summed E-state index contributed by atoms with van der Waals surface area (Å²) in [5, 5.41) is 46.4. The van der Waals surface area contributed by atoms with Gasteiger partial charge in [-0.25, -0.2) is 0 Å². The Kier molecular flexibility index (Phi) is 8.34. The van der Waals surface area contributed by atoms with Crippen LogP contribution < -0.4 is 0 Å². The molecule has 6 nitrogen and oxygen atoms in total. The summed E-state index contributed by atoms with van der Waals surface area (Å²) in [5.74, 6) is -1.10. The highest BCUT2D eigenvalue weighted by Crippen LogP contribution is 2.76. The molecule has 38 heavy (non-hydrogen) atoms. The van der Waals surface area contributed by atoms with E-state index in [2.05, 4.69) is 20.8 Å². The SMILES string of the molecule is CCCCCCCCCCCC(=O)O[C@@]12C[C@@H](C)[C@]34C=C(C)[C@H](O)[C@@]3(O)[C@H](O)C(C)=C[C@H](C4O)[C@@H]1C2(C)C. The van der Waals surface area contributed by atoms with Gasteiger partial charge in [0, 0.05) is 23.7 Å². The zero-order chi connectivity index (χ0) is 28.1. The van der Waals surface area contributed by atoms with Gasteiger partial charge in [0.2, 0.25) is 0 Å². The van der Waals surface area contributed by atoms with Crippen molar-refractivity contribution in [2.75, 3.05) is 0 Å². The van der Waals surface area contributed by atoms with Crippen molar-refractivity contribution in [2.24, 2.45) is 28.6 Å². The number of hydrogen-bond acceptors (Lipinski definition) is 6. The van der Waals surface area contributed by atoms with Crippen LogP contribution in [0.2, 0.25) is 0 Å². The molecule has 2 fully saturated rings. The van der Waals surface area contributed by atoms with Crippen LogP contribution in [0, 0.1) is 28.6 Å². The van der Waals surface area contributed by atoms with Gasteiger partial charge in [0.25, 0.3) is 0 Å². The maximum absolute atomic E-state index is 13.2. The van der Waals surface area contributed by atoms with Gasteiger partial charge in [-0.05, 0) is 43.8 Å². The molecule has 4 aliphatic rings. The van der Waals surface area contributed by atoms with Crippen molar-refractivity contribution >= 4 is 5.97 Å². The summed E-state index contributed by atoms with van der Waals surface area (Å²) >= 11 is 0. The van der Waals surface area contributed by atoms with Crippen LogP contribution in [0.1, 0.15) is 112 Å². The predicted octanol–water partition coefficient (Wildman–Crippen LogP) is 5.22. The molecule has 0 aromatic carbocycles. The molecule has 1 unspecified atom stereocenters. The molecule has 0 aliphatic heterocycles. The zero-order valence-corrected chi connectivity index (χ0v) is 24.5. The monoisotopic (exact) mass is 532 g/mol. The Morgan fingerprint density at radius 1 is 0.947 bits per heavy atom. The lowest BCUT2D eigenvalue weighted by Crippen LogP contribution is -2.66. The predicted molar refractivity (Wildman–Crippen MR) is 148 cm³/mol. The third kappa shape index (κ3) is 4.24. The molecule has 0 radical (unpaired) electrons. The first-order chi connectivity index (χ1) is 17.8. The standard InChI is InChI=1S/C32H52O6/c1-7-8-9-10-11-12-13-14-15-16-24(33)38-31-19-22(4)30-18-21(3)27(35)32(30,37)26(34)20(2)17-23(28(30)36)25(31)29(31,5)6/h17-18,22-23,25-28,34-37H,7-16,19H2,1-6H3/t22-,23+,25-,26-,27+,28?,30+,31+,32+/m1/s1. The molecule has 0 aromatic heterocycles. The summed E-state index contributed by atoms with van der Waals surface area (Å²) < 4.78 is 6.38. The minimum atomic E-state index is -1.95. The molecule has 1 spiro atoms. The van der Waals surface area contributed by atoms with E-state index in [1.54, 1.807) is 19.9 Å². The van der Waals surface area contributed by atoms with Crippen LogP contribution in [-0.2, 0) is 9.53 Å². The smallest absolute Gasteiger partial charge is 0.306 e. The molecule has 9 atom stereocenters. The van der Waals surface area contributed by atoms with Crippen molar-refractivity contribution in [3.8, 4) is 0 Å². The van der Waals surface area contributed by atoms with Crippen molar-refractivity contribution < 1.29 is 30.0 Å². The van der Waals surface area contributed by atoms with E-state index in [1.165, 1.54) is 38.5 Å². The highest BCUT2D eigenvalue weighted by atomic mass is 16.6. The summed E-state index contributed by atoms with van der Waals surface area (Å²) in [4.78, 5) is 13.2. The highest BCUT2D eigenvalue weighted by Gasteiger charge is 2.82. The van der Waals surface area contributed by atoms with Crippen LogP contribution in [0.3, 0.4) is 0 Å². The van der Waals surface area contributed by atoms with Crippen LogP contribution in [0.25, 0.3) is 0 Å². The van der Waals surface area contributed by atoms with Crippen molar-refractivity contribution in [3.63, 3.8) is 0 Å². The summed E-state index contributed by atoms with van der Waals surface area (Å²) in [5.41, 5.74) is -3.23. The summed E-state index contributed by atoms with van der Waals surface area (Å²) in [6.07, 6.45) is 11.5. The van der Waals surface area contributed by atoms with Gasteiger partial charge in [-0.1, -0.05) is 91.2 Å². The molecule has 4 aliphatic carbocycles. The Hall–Kier alpha value is -1.21. The minimum Gasteiger partial charge on any atom is -0.458 e. The first kappa shape index (κ1) is 29.8. The van der Waals surface area contributed by atoms with Crippen molar-refractivity contribution in [1.29, 1.82) is 0 Å². The molecule has 0 heterocycles. The Morgan fingerprint density at radius 2 is 1.50 bits per heavy atom. The number of ether oxygens (including phenoxy) is 1. The van der Waals surface area contributed by atoms with Gasteiger partial charge in [-0.15, -0.1) is 0 Å². The van der Waals surface area contributed by atoms with E-state index in [0.29, 0.717) is 24.0 Å². The third-order valence-corrected chi connectivity index (χ3v) is 11.0. The largest absolute Gasteiger partial charge is 0.458 e. The number of carbonyl (C=O) groups is 1. The molecule has 4 N–H and O–H groups in total. The van der Waals surface area contributed by atoms with E-state index in [1.807, 2.05) is 13.0 Å². The second-order valence-corrected chi connectivity index (χ2v) is 13.6. The van der Waals surface area contributed by atoms with Crippen LogP contribution in [0.4, 0.5) is 0 Å². The lowest BCUT2D eigenvalue weighted by Gasteiger charge is -2.51. The maximum atomic E-state index is 13.2. The van der Waals surface area contributed by atoms with Crippen LogP contribution in [-0.4, -0.2) is 55.9 Å². The summed E-state index contributed by atoms with van der Waals surface area (Å²) in [7, 11) is 0. The number of hydrogen-bond donors (Lipinski definition) is 4. The van der Waals surface area contributed by atoms with Crippen LogP contribution in [0.5, 0.6) is 0 Å². The molecule has 0 saturated heterocycles. The fraction of sp³-hybridized carbons (Fsp3) is 0.844. The van der Waals surface area contributed by atoms with Gasteiger partial charge < -0.3 is 25.2 Å². The fourth-order valence-corrected chi connectivity index (χ4v) is 8.85. The average Bonchev–Trinajstić information content (AvgIpc) is 3.27. The summed E-state index contributed by atoms with van der Waals surface area (Å²) in [6.45, 7) is 11.9. The van der Waals surface area contributed by atoms with Gasteiger partial charge in [0.15, 0.2) is 0 Å². The van der Waals surface area contributed by atoms with Gasteiger partial charge in [0.05, 0.1) is 11.5 Å². The number of carbonyl (C=O) groups excluding carboxylic acids is 1. The van der Waals surface area contributed by atoms with E-state index in [4.69, 9.17) is 4.74 Å². The molecule has 4 rings (SSSR count). The quantitative estimate of drug-likeness (QED) is 0.165. The third-order valence-electron chi connectivity index (χ3n) is 11.0. The Balaban J connectivity index is 1.50. The normalized spacial score (nSPS) is 42.8. The molecule has 2 bridgehead atoms. The minimum absolute atomic E-state index is 0.144. The van der Waals surface area contributed by atoms with Gasteiger partial charge >= 0.3 is 5.97 Å². The van der Waals surface area contributed by atoms with E-state index < -0.39 is 40.8 Å². The number of aliphatic hydroxyl groups excluding tert-OH is 3. The van der Waals surface area contributed by atoms with E-state index in [9.17, 15) is 25.2 Å². The molecule has 2 saturated carbocycles. The van der Waals surface area contributed by atoms with Crippen molar-refractivity contribution in [2.45, 2.75) is 142 Å². The first-order valence-electron chi connectivity index (χ1n) is 15.2. The second-order valence-electron chi connectivity index (χ2n) is 13.6. The van der Waals surface area contributed by atoms with Crippen molar-refractivity contribution in [1.82, 2.24) is 0 Å². The topological polar surface area (TPSA) is 107 Å². The number of rotatable bonds is 11. The average molecular weight is 533 g/mol. The zero-order valence-electron chi connectivity index (χ0n) is 24.5. The number of aliphatic hydroxyl groups is 4. The van der Waals surface area contributed by atoms with Crippen molar-refractivity contribution in [3.05, 3.63) is 23.3 Å². The molecule has 0 amide bonds. The Labute approximate surface area is 229 Å². The Bertz CT molecular complexity index is 954. The second kappa shape index (κ2) is 10.6. The number of fused-ring (bicyclic) bond motifs is 3. The van der Waals surface area contributed by atoms with Crippen LogP contribution >= 0.6 is 0 Å². The fourth-order valence-electron chi connectivity index (χ4n) is 8.85. The Morgan fingerprint density at radius 3 is 2.11 bits per heavy atom. The first-order valence-corrected chi connectivity index (χ1v) is 15.2. The van der Waals surface area contributed by atoms with E-state index in [-0.39, 0.29) is 23.2 Å². The van der Waals surface area contributed by atoms with E-state index in [0.717, 1.165) is 19.3 Å². The van der Waals surface area contributed by atoms with Gasteiger partial charge in [-0.2, -0.15) is 0 Å². The lowest BCUT2D eigenvalue weighted by molar-refractivity contribution is -0.216. The maximum Gasteiger partial charge on any atom is 0.306 e.